The molecular formula is C18H26N2O6. The number of β-lactam (4-membered cyclic amide) rings is 1. The van der Waals surface area contributed by atoms with Gasteiger partial charge in [0.25, 0.3) is 5.91 Å². The van der Waals surface area contributed by atoms with E-state index in [1.807, 2.05) is 0 Å². The first-order chi connectivity index (χ1) is 11.8. The predicted octanol–water partition coefficient (Wildman–Crippen LogP) is 1.68. The molecular weight excluding hydrogens is 340 g/mol. The number of carbonyl (C=O) groups is 4. The van der Waals surface area contributed by atoms with E-state index in [2.05, 4.69) is 5.32 Å². The van der Waals surface area contributed by atoms with Crippen LogP contribution >= 0.6 is 0 Å². The summed E-state index contributed by atoms with van der Waals surface area (Å²) in [7, 11) is 0. The molecule has 8 heteroatoms. The Balaban J connectivity index is 2.17. The SMILES string of the molecule is CC(C)(C)OC(=O)NC1C(=O)N2C(C(=O)OC(C)(C)C)=C(C=O)CCC12. The summed E-state index contributed by atoms with van der Waals surface area (Å²) < 4.78 is 10.5. The Morgan fingerprint density at radius 1 is 1.12 bits per heavy atom. The lowest BCUT2D eigenvalue weighted by atomic mass is 9.84. The van der Waals surface area contributed by atoms with E-state index in [9.17, 15) is 19.2 Å². The first-order valence-electron chi connectivity index (χ1n) is 8.58. The number of aldehydes is 1. The molecule has 144 valence electrons. The van der Waals surface area contributed by atoms with E-state index in [0.717, 1.165) is 0 Å². The van der Waals surface area contributed by atoms with Crippen molar-refractivity contribution in [3.63, 3.8) is 0 Å². The summed E-state index contributed by atoms with van der Waals surface area (Å²) in [5, 5.41) is 2.55. The molecule has 2 amide bonds. The molecule has 2 aliphatic rings. The quantitative estimate of drug-likeness (QED) is 0.463. The van der Waals surface area contributed by atoms with Crippen LogP contribution in [-0.4, -0.2) is 52.4 Å². The van der Waals surface area contributed by atoms with Crippen molar-refractivity contribution in [2.75, 3.05) is 0 Å². The van der Waals surface area contributed by atoms with Crippen LogP contribution < -0.4 is 5.32 Å². The molecule has 1 N–H and O–H groups in total. The van der Waals surface area contributed by atoms with Crippen LogP contribution in [0.3, 0.4) is 0 Å². The van der Waals surface area contributed by atoms with Crippen molar-refractivity contribution in [2.24, 2.45) is 0 Å². The average Bonchev–Trinajstić information content (AvgIpc) is 2.47. The van der Waals surface area contributed by atoms with Crippen LogP contribution in [0.2, 0.25) is 0 Å². The zero-order valence-corrected chi connectivity index (χ0v) is 16.0. The first-order valence-corrected chi connectivity index (χ1v) is 8.58. The van der Waals surface area contributed by atoms with Crippen molar-refractivity contribution in [2.45, 2.75) is 77.7 Å². The standard InChI is InChI=1S/C18H26N2O6/c1-17(2,3)25-15(23)13-10(9-21)7-8-11-12(14(22)20(11)13)19-16(24)26-18(4,5)6/h9,11-12H,7-8H2,1-6H3,(H,19,24). The zero-order valence-electron chi connectivity index (χ0n) is 16.0. The van der Waals surface area contributed by atoms with Gasteiger partial charge in [-0.25, -0.2) is 9.59 Å². The van der Waals surface area contributed by atoms with Gasteiger partial charge in [0.1, 0.15) is 29.2 Å². The second kappa shape index (κ2) is 6.74. The molecule has 0 spiro atoms. The normalized spacial score (nSPS) is 23.0. The van der Waals surface area contributed by atoms with Crippen LogP contribution in [0.25, 0.3) is 0 Å². The van der Waals surface area contributed by atoms with Gasteiger partial charge in [-0.3, -0.25) is 14.5 Å². The number of alkyl carbamates (subject to hydrolysis) is 1. The van der Waals surface area contributed by atoms with Crippen molar-refractivity contribution < 1.29 is 28.7 Å². The maximum absolute atomic E-state index is 12.5. The Kier molecular flexibility index (Phi) is 5.17. The molecule has 26 heavy (non-hydrogen) atoms. The molecule has 0 bridgehead atoms. The molecule has 0 aromatic heterocycles. The van der Waals surface area contributed by atoms with Crippen LogP contribution in [0.1, 0.15) is 54.4 Å². The minimum Gasteiger partial charge on any atom is -0.455 e. The number of nitrogens with one attached hydrogen (secondary N) is 1. The summed E-state index contributed by atoms with van der Waals surface area (Å²) in [4.78, 5) is 49.6. The van der Waals surface area contributed by atoms with Gasteiger partial charge in [0, 0.05) is 5.57 Å². The first kappa shape index (κ1) is 19.9. The number of carbonyl (C=O) groups excluding carboxylic acids is 4. The molecule has 2 rings (SSSR count). The van der Waals surface area contributed by atoms with Crippen molar-refractivity contribution in [1.29, 1.82) is 0 Å². The highest BCUT2D eigenvalue weighted by Gasteiger charge is 2.54. The van der Waals surface area contributed by atoms with Gasteiger partial charge in [0.2, 0.25) is 0 Å². The van der Waals surface area contributed by atoms with E-state index in [4.69, 9.17) is 9.47 Å². The molecule has 2 atom stereocenters. The molecule has 1 fully saturated rings. The lowest BCUT2D eigenvalue weighted by Gasteiger charge is -2.50. The van der Waals surface area contributed by atoms with Gasteiger partial charge >= 0.3 is 12.1 Å². The summed E-state index contributed by atoms with van der Waals surface area (Å²) in [6.45, 7) is 10.3. The topological polar surface area (TPSA) is 102 Å². The fourth-order valence-electron chi connectivity index (χ4n) is 2.96. The van der Waals surface area contributed by atoms with Crippen LogP contribution in [-0.2, 0) is 23.9 Å². The molecule has 1 saturated heterocycles. The summed E-state index contributed by atoms with van der Waals surface area (Å²) in [5.41, 5.74) is -1.24. The van der Waals surface area contributed by atoms with E-state index in [1.54, 1.807) is 41.5 Å². The highest BCUT2D eigenvalue weighted by Crippen LogP contribution is 2.37. The number of hydrogen-bond acceptors (Lipinski definition) is 6. The van der Waals surface area contributed by atoms with E-state index < -0.39 is 41.3 Å². The van der Waals surface area contributed by atoms with Gasteiger partial charge in [-0.2, -0.15) is 0 Å². The molecule has 2 aliphatic heterocycles. The summed E-state index contributed by atoms with van der Waals surface area (Å²) in [6, 6.07) is -1.18. The lowest BCUT2D eigenvalue weighted by Crippen LogP contribution is -2.72. The summed E-state index contributed by atoms with van der Waals surface area (Å²) >= 11 is 0. The number of esters is 1. The fraction of sp³-hybridized carbons (Fsp3) is 0.667. The number of fused-ring (bicyclic) bond motifs is 1. The maximum Gasteiger partial charge on any atom is 0.408 e. The average molecular weight is 366 g/mol. The van der Waals surface area contributed by atoms with Gasteiger partial charge in [0.15, 0.2) is 0 Å². The molecule has 0 aromatic rings. The van der Waals surface area contributed by atoms with E-state index in [1.165, 1.54) is 4.90 Å². The van der Waals surface area contributed by atoms with E-state index >= 15 is 0 Å². The Bertz CT molecular complexity index is 668. The van der Waals surface area contributed by atoms with Crippen LogP contribution in [0.4, 0.5) is 4.79 Å². The van der Waals surface area contributed by atoms with E-state index in [-0.39, 0.29) is 11.3 Å². The van der Waals surface area contributed by atoms with Gasteiger partial charge in [0.05, 0.1) is 6.04 Å². The van der Waals surface area contributed by atoms with Crippen LogP contribution in [0.5, 0.6) is 0 Å². The summed E-state index contributed by atoms with van der Waals surface area (Å²) in [6.07, 6.45) is 0.683. The third kappa shape index (κ3) is 4.23. The molecule has 0 radical (unpaired) electrons. The molecule has 0 aromatic carbocycles. The van der Waals surface area contributed by atoms with Gasteiger partial charge in [-0.15, -0.1) is 0 Å². The Morgan fingerprint density at radius 3 is 2.19 bits per heavy atom. The Morgan fingerprint density at radius 2 is 1.69 bits per heavy atom. The minimum atomic E-state index is -0.782. The minimum absolute atomic E-state index is 0.0292. The Labute approximate surface area is 152 Å². The second-order valence-electron chi connectivity index (χ2n) is 8.43. The molecule has 2 heterocycles. The van der Waals surface area contributed by atoms with Crippen molar-refractivity contribution in [1.82, 2.24) is 10.2 Å². The molecule has 8 nitrogen and oxygen atoms in total. The number of nitrogens with zero attached hydrogens (tertiary/aromatic N) is 1. The van der Waals surface area contributed by atoms with Crippen LogP contribution in [0, 0.1) is 0 Å². The van der Waals surface area contributed by atoms with Crippen LogP contribution in [0.15, 0.2) is 11.3 Å². The third-order valence-electron chi connectivity index (χ3n) is 3.88. The highest BCUT2D eigenvalue weighted by atomic mass is 16.6. The van der Waals surface area contributed by atoms with E-state index in [0.29, 0.717) is 19.1 Å². The second-order valence-corrected chi connectivity index (χ2v) is 8.43. The number of allylic oxidation sites excluding steroid dienone is 1. The number of amides is 2. The van der Waals surface area contributed by atoms with Crippen molar-refractivity contribution in [3.8, 4) is 0 Å². The number of ether oxygens (including phenoxy) is 2. The smallest absolute Gasteiger partial charge is 0.408 e. The van der Waals surface area contributed by atoms with Gasteiger partial charge < -0.3 is 14.8 Å². The zero-order chi connectivity index (χ0) is 19.9. The summed E-state index contributed by atoms with van der Waals surface area (Å²) in [5.74, 6) is -1.17. The third-order valence-corrected chi connectivity index (χ3v) is 3.88. The van der Waals surface area contributed by atoms with Gasteiger partial charge in [-0.1, -0.05) is 0 Å². The predicted molar refractivity (Wildman–Crippen MR) is 92.0 cm³/mol. The number of rotatable bonds is 3. The highest BCUT2D eigenvalue weighted by molar-refractivity contribution is 6.04. The lowest BCUT2D eigenvalue weighted by molar-refractivity contribution is -0.162. The Hall–Kier alpha value is -2.38. The maximum atomic E-state index is 12.5. The molecule has 2 unspecified atom stereocenters. The van der Waals surface area contributed by atoms with Crippen molar-refractivity contribution >= 4 is 24.3 Å². The molecule has 0 aliphatic carbocycles. The monoisotopic (exact) mass is 366 g/mol. The van der Waals surface area contributed by atoms with Crippen molar-refractivity contribution in [3.05, 3.63) is 11.3 Å². The number of hydrogen-bond donors (Lipinski definition) is 1. The largest absolute Gasteiger partial charge is 0.455 e. The van der Waals surface area contributed by atoms with Gasteiger partial charge in [-0.05, 0) is 54.4 Å². The fourth-order valence-corrected chi connectivity index (χ4v) is 2.96. The molecule has 0 saturated carbocycles.